The van der Waals surface area contributed by atoms with Gasteiger partial charge in [-0.25, -0.2) is 0 Å². The van der Waals surface area contributed by atoms with Crippen molar-refractivity contribution in [3.63, 3.8) is 0 Å². The van der Waals surface area contributed by atoms with Crippen LogP contribution in [-0.2, 0) is 6.54 Å². The van der Waals surface area contributed by atoms with Crippen LogP contribution in [0.25, 0.3) is 22.0 Å². The number of aromatic nitrogens is 2. The molecule has 0 aliphatic heterocycles. The zero-order chi connectivity index (χ0) is 14.8. The van der Waals surface area contributed by atoms with E-state index >= 15 is 0 Å². The van der Waals surface area contributed by atoms with E-state index in [1.54, 1.807) is 6.07 Å². The molecule has 0 unspecified atom stereocenters. The van der Waals surface area contributed by atoms with Gasteiger partial charge in [0, 0.05) is 41.1 Å². The van der Waals surface area contributed by atoms with E-state index in [9.17, 15) is 5.11 Å². The Kier molecular flexibility index (Phi) is 3.65. The maximum absolute atomic E-state index is 9.86. The number of benzene rings is 1. The summed E-state index contributed by atoms with van der Waals surface area (Å²) in [6.07, 6.45) is 5.95. The molecule has 0 atom stereocenters. The number of fused-ring (bicyclic) bond motifs is 1. The first-order valence-corrected chi connectivity index (χ1v) is 7.44. The minimum Gasteiger partial charge on any atom is -0.508 e. The molecule has 21 heavy (non-hydrogen) atoms. The molecule has 3 rings (SSSR count). The fourth-order valence-electron chi connectivity index (χ4n) is 2.96. The quantitative estimate of drug-likeness (QED) is 0.763. The summed E-state index contributed by atoms with van der Waals surface area (Å²) >= 11 is 0. The van der Waals surface area contributed by atoms with Gasteiger partial charge in [0.05, 0.1) is 0 Å². The Labute approximate surface area is 124 Å². The lowest BCUT2D eigenvalue weighted by molar-refractivity contribution is 0.476. The minimum atomic E-state index is 0.311. The second-order valence-electron chi connectivity index (χ2n) is 5.40. The molecule has 1 aromatic carbocycles. The Balaban J connectivity index is 2.27. The van der Waals surface area contributed by atoms with Crippen molar-refractivity contribution in [3.8, 4) is 16.9 Å². The van der Waals surface area contributed by atoms with E-state index in [2.05, 4.69) is 23.4 Å². The number of phenols is 1. The van der Waals surface area contributed by atoms with E-state index in [4.69, 9.17) is 0 Å². The highest BCUT2D eigenvalue weighted by atomic mass is 16.3. The van der Waals surface area contributed by atoms with Crippen molar-refractivity contribution in [2.24, 2.45) is 0 Å². The maximum atomic E-state index is 9.86. The molecule has 3 aromatic rings. The lowest BCUT2D eigenvalue weighted by Gasteiger charge is -2.08. The summed E-state index contributed by atoms with van der Waals surface area (Å²) in [5.41, 5.74) is 4.77. The summed E-state index contributed by atoms with van der Waals surface area (Å²) < 4.78 is 2.36. The summed E-state index contributed by atoms with van der Waals surface area (Å²) in [7, 11) is 0. The summed E-state index contributed by atoms with van der Waals surface area (Å²) in [6, 6.07) is 9.69. The number of nitrogens with zero attached hydrogens (tertiary/aromatic N) is 2. The molecular formula is C18H20N2O. The molecule has 0 fully saturated rings. The van der Waals surface area contributed by atoms with E-state index in [1.165, 1.54) is 23.2 Å². The van der Waals surface area contributed by atoms with Crippen molar-refractivity contribution in [2.45, 2.75) is 33.2 Å². The first-order valence-electron chi connectivity index (χ1n) is 7.44. The molecule has 0 amide bonds. The summed E-state index contributed by atoms with van der Waals surface area (Å²) in [4.78, 5) is 4.10. The third-order valence-corrected chi connectivity index (χ3v) is 4.01. The Morgan fingerprint density at radius 2 is 1.90 bits per heavy atom. The Morgan fingerprint density at radius 3 is 2.62 bits per heavy atom. The first kappa shape index (κ1) is 13.7. The third kappa shape index (κ3) is 2.40. The van der Waals surface area contributed by atoms with Gasteiger partial charge in [-0.2, -0.15) is 0 Å². The molecule has 1 N–H and O–H groups in total. The Morgan fingerprint density at radius 1 is 1.14 bits per heavy atom. The van der Waals surface area contributed by atoms with Crippen molar-refractivity contribution in [3.05, 3.63) is 48.4 Å². The molecule has 2 aromatic heterocycles. The standard InChI is InChI=1S/C18H20N2O/c1-3-4-11-20-13(2)18(14-7-9-19-10-8-14)16-12-15(21)5-6-17(16)20/h5-10,12,21H,3-4,11H2,1-2H3. The predicted octanol–water partition coefficient (Wildman–Crippen LogP) is 4.52. The monoisotopic (exact) mass is 280 g/mol. The van der Waals surface area contributed by atoms with Gasteiger partial charge in [0.1, 0.15) is 5.75 Å². The minimum absolute atomic E-state index is 0.311. The second kappa shape index (κ2) is 5.60. The zero-order valence-electron chi connectivity index (χ0n) is 12.5. The highest BCUT2D eigenvalue weighted by molar-refractivity contribution is 5.98. The van der Waals surface area contributed by atoms with Crippen molar-refractivity contribution in [1.82, 2.24) is 9.55 Å². The van der Waals surface area contributed by atoms with Crippen LogP contribution in [-0.4, -0.2) is 14.7 Å². The van der Waals surface area contributed by atoms with Gasteiger partial charge in [0.15, 0.2) is 0 Å². The van der Waals surface area contributed by atoms with Crippen molar-refractivity contribution in [1.29, 1.82) is 0 Å². The molecule has 2 heterocycles. The molecule has 3 heteroatoms. The van der Waals surface area contributed by atoms with Gasteiger partial charge in [-0.05, 0) is 49.2 Å². The van der Waals surface area contributed by atoms with Crippen LogP contribution in [0, 0.1) is 6.92 Å². The maximum Gasteiger partial charge on any atom is 0.116 e. The van der Waals surface area contributed by atoms with Gasteiger partial charge >= 0.3 is 0 Å². The number of hydrogen-bond acceptors (Lipinski definition) is 2. The fraction of sp³-hybridized carbons (Fsp3) is 0.278. The van der Waals surface area contributed by atoms with Crippen LogP contribution in [0.4, 0.5) is 0 Å². The Bertz CT molecular complexity index is 760. The number of unbranched alkanes of at least 4 members (excludes halogenated alkanes) is 1. The molecule has 0 aliphatic rings. The van der Waals surface area contributed by atoms with Crippen LogP contribution in [0.1, 0.15) is 25.5 Å². The Hall–Kier alpha value is -2.29. The average molecular weight is 280 g/mol. The van der Waals surface area contributed by atoms with Crippen LogP contribution in [0.2, 0.25) is 0 Å². The molecule has 0 spiro atoms. The number of aryl methyl sites for hydroxylation is 1. The van der Waals surface area contributed by atoms with Crippen molar-refractivity contribution in [2.75, 3.05) is 0 Å². The van der Waals surface area contributed by atoms with E-state index in [-0.39, 0.29) is 0 Å². The molecule has 0 saturated carbocycles. The summed E-state index contributed by atoms with van der Waals surface area (Å²) in [5.74, 6) is 0.311. The molecule has 0 aliphatic carbocycles. The second-order valence-corrected chi connectivity index (χ2v) is 5.40. The lowest BCUT2D eigenvalue weighted by Crippen LogP contribution is -1.99. The molecule has 0 saturated heterocycles. The number of hydrogen-bond donors (Lipinski definition) is 1. The molecule has 0 bridgehead atoms. The van der Waals surface area contributed by atoms with Crippen LogP contribution in [0.3, 0.4) is 0 Å². The molecule has 108 valence electrons. The molecular weight excluding hydrogens is 260 g/mol. The fourth-order valence-corrected chi connectivity index (χ4v) is 2.96. The van der Waals surface area contributed by atoms with Crippen molar-refractivity contribution < 1.29 is 5.11 Å². The van der Waals surface area contributed by atoms with Gasteiger partial charge in [-0.15, -0.1) is 0 Å². The van der Waals surface area contributed by atoms with E-state index in [0.717, 1.165) is 23.9 Å². The number of rotatable bonds is 4. The molecule has 3 nitrogen and oxygen atoms in total. The first-order chi connectivity index (χ1) is 10.2. The van der Waals surface area contributed by atoms with E-state index in [1.807, 2.05) is 36.7 Å². The predicted molar refractivity (Wildman–Crippen MR) is 86.5 cm³/mol. The number of pyridine rings is 1. The summed E-state index contributed by atoms with van der Waals surface area (Å²) in [5, 5.41) is 11.0. The van der Waals surface area contributed by atoms with Gasteiger partial charge in [0.2, 0.25) is 0 Å². The largest absolute Gasteiger partial charge is 0.508 e. The van der Waals surface area contributed by atoms with E-state index < -0.39 is 0 Å². The van der Waals surface area contributed by atoms with E-state index in [0.29, 0.717) is 5.75 Å². The van der Waals surface area contributed by atoms with Crippen molar-refractivity contribution >= 4 is 10.9 Å². The molecule has 0 radical (unpaired) electrons. The number of aromatic hydroxyl groups is 1. The smallest absolute Gasteiger partial charge is 0.116 e. The third-order valence-electron chi connectivity index (χ3n) is 4.01. The SMILES string of the molecule is CCCCn1c(C)c(-c2ccncc2)c2cc(O)ccc21. The van der Waals surface area contributed by atoms with Gasteiger partial charge in [-0.3, -0.25) is 4.98 Å². The highest BCUT2D eigenvalue weighted by Gasteiger charge is 2.15. The van der Waals surface area contributed by atoms with Crippen LogP contribution >= 0.6 is 0 Å². The highest BCUT2D eigenvalue weighted by Crippen LogP contribution is 2.36. The van der Waals surface area contributed by atoms with Gasteiger partial charge in [0.25, 0.3) is 0 Å². The van der Waals surface area contributed by atoms with Crippen LogP contribution < -0.4 is 0 Å². The summed E-state index contributed by atoms with van der Waals surface area (Å²) in [6.45, 7) is 5.37. The zero-order valence-corrected chi connectivity index (χ0v) is 12.5. The lowest BCUT2D eigenvalue weighted by atomic mass is 10.0. The average Bonchev–Trinajstić information content (AvgIpc) is 2.77. The normalized spacial score (nSPS) is 11.1. The van der Waals surface area contributed by atoms with Gasteiger partial charge in [-0.1, -0.05) is 13.3 Å². The topological polar surface area (TPSA) is 38.0 Å². The van der Waals surface area contributed by atoms with Crippen LogP contribution in [0.5, 0.6) is 5.75 Å². The van der Waals surface area contributed by atoms with Gasteiger partial charge < -0.3 is 9.67 Å². The van der Waals surface area contributed by atoms with Crippen LogP contribution in [0.15, 0.2) is 42.7 Å². The number of phenolic OH excluding ortho intramolecular Hbond substituents is 1.